The van der Waals surface area contributed by atoms with Gasteiger partial charge in [-0.3, -0.25) is 4.79 Å². The Labute approximate surface area is 109 Å². The molecule has 0 spiro atoms. The molecule has 0 aromatic heterocycles. The van der Waals surface area contributed by atoms with Gasteiger partial charge in [-0.05, 0) is 38.5 Å². The summed E-state index contributed by atoms with van der Waals surface area (Å²) in [7, 11) is 0. The largest absolute Gasteiger partial charge is 0.378 e. The first-order valence-electron chi connectivity index (χ1n) is 6.73. The van der Waals surface area contributed by atoms with E-state index in [0.29, 0.717) is 18.4 Å². The Morgan fingerprint density at radius 3 is 2.94 bits per heavy atom. The van der Waals surface area contributed by atoms with Crippen molar-refractivity contribution in [2.75, 3.05) is 12.5 Å². The predicted octanol–water partition coefficient (Wildman–Crippen LogP) is 2.86. The van der Waals surface area contributed by atoms with Crippen LogP contribution in [0, 0.1) is 0 Å². The highest BCUT2D eigenvalue weighted by molar-refractivity contribution is 6.17. The van der Waals surface area contributed by atoms with Gasteiger partial charge in [-0.2, -0.15) is 0 Å². The second kappa shape index (κ2) is 8.76. The Kier molecular flexibility index (Phi) is 7.62. The molecule has 0 aliphatic carbocycles. The van der Waals surface area contributed by atoms with Crippen molar-refractivity contribution in [1.29, 1.82) is 0 Å². The van der Waals surface area contributed by atoms with Gasteiger partial charge in [-0.25, -0.2) is 0 Å². The van der Waals surface area contributed by atoms with E-state index in [1.165, 1.54) is 6.42 Å². The first kappa shape index (κ1) is 14.8. The molecule has 1 saturated heterocycles. The number of carbonyl (C=O) groups is 1. The van der Waals surface area contributed by atoms with Crippen LogP contribution in [0.5, 0.6) is 0 Å². The molecule has 1 heterocycles. The highest BCUT2D eigenvalue weighted by Gasteiger charge is 2.16. The summed E-state index contributed by atoms with van der Waals surface area (Å²) < 4.78 is 5.61. The molecule has 0 aromatic carbocycles. The Bertz CT molecular complexity index is 217. The highest BCUT2D eigenvalue weighted by atomic mass is 35.5. The van der Waals surface area contributed by atoms with Crippen molar-refractivity contribution < 1.29 is 9.53 Å². The fraction of sp³-hybridized carbons (Fsp3) is 0.923. The first-order valence-corrected chi connectivity index (χ1v) is 7.26. The van der Waals surface area contributed by atoms with E-state index in [1.807, 2.05) is 0 Å². The van der Waals surface area contributed by atoms with Crippen LogP contribution < -0.4 is 5.32 Å². The van der Waals surface area contributed by atoms with E-state index in [9.17, 15) is 4.79 Å². The van der Waals surface area contributed by atoms with Gasteiger partial charge in [0.2, 0.25) is 5.91 Å². The second-order valence-electron chi connectivity index (χ2n) is 4.68. The highest BCUT2D eigenvalue weighted by Crippen LogP contribution is 2.16. The normalized spacial score (nSPS) is 22.1. The summed E-state index contributed by atoms with van der Waals surface area (Å²) >= 11 is 5.69. The van der Waals surface area contributed by atoms with Gasteiger partial charge < -0.3 is 10.1 Å². The number of ether oxygens (including phenoxy) is 1. The van der Waals surface area contributed by atoms with Crippen LogP contribution in [0.3, 0.4) is 0 Å². The minimum atomic E-state index is 0.135. The quantitative estimate of drug-likeness (QED) is 0.716. The van der Waals surface area contributed by atoms with Crippen LogP contribution in [-0.2, 0) is 9.53 Å². The molecule has 1 aliphatic heterocycles. The fourth-order valence-corrected chi connectivity index (χ4v) is 2.40. The number of rotatable bonds is 7. The van der Waals surface area contributed by atoms with Crippen LogP contribution in [-0.4, -0.2) is 30.5 Å². The lowest BCUT2D eigenvalue weighted by Crippen LogP contribution is -2.35. The Hall–Kier alpha value is -0.280. The number of hydrogen-bond acceptors (Lipinski definition) is 2. The summed E-state index contributed by atoms with van der Waals surface area (Å²) in [5.41, 5.74) is 0. The Balaban J connectivity index is 2.14. The second-order valence-corrected chi connectivity index (χ2v) is 5.06. The van der Waals surface area contributed by atoms with Gasteiger partial charge >= 0.3 is 0 Å². The van der Waals surface area contributed by atoms with Crippen molar-refractivity contribution in [2.24, 2.45) is 0 Å². The molecule has 1 aliphatic rings. The third-order valence-corrected chi connectivity index (χ3v) is 3.50. The van der Waals surface area contributed by atoms with E-state index in [-0.39, 0.29) is 11.9 Å². The number of halogens is 1. The van der Waals surface area contributed by atoms with Crippen molar-refractivity contribution in [3.8, 4) is 0 Å². The van der Waals surface area contributed by atoms with E-state index in [4.69, 9.17) is 16.3 Å². The van der Waals surface area contributed by atoms with Crippen molar-refractivity contribution >= 4 is 17.5 Å². The van der Waals surface area contributed by atoms with Gasteiger partial charge in [-0.1, -0.05) is 6.92 Å². The SMILES string of the molecule is CCC(CCCl)NC(=O)CCC1CCCCO1. The average Bonchev–Trinajstić information content (AvgIpc) is 2.37. The summed E-state index contributed by atoms with van der Waals surface area (Å²) in [5, 5.41) is 3.03. The summed E-state index contributed by atoms with van der Waals surface area (Å²) in [4.78, 5) is 11.7. The number of carbonyl (C=O) groups excluding carboxylic acids is 1. The lowest BCUT2D eigenvalue weighted by atomic mass is 10.0. The maximum Gasteiger partial charge on any atom is 0.220 e. The fourth-order valence-electron chi connectivity index (χ4n) is 2.14. The smallest absolute Gasteiger partial charge is 0.220 e. The number of amides is 1. The lowest BCUT2D eigenvalue weighted by molar-refractivity contribution is -0.122. The summed E-state index contributed by atoms with van der Waals surface area (Å²) in [6, 6.07) is 0.229. The lowest BCUT2D eigenvalue weighted by Gasteiger charge is -2.22. The van der Waals surface area contributed by atoms with Gasteiger partial charge in [0, 0.05) is 24.9 Å². The molecule has 2 unspecified atom stereocenters. The molecule has 1 fully saturated rings. The van der Waals surface area contributed by atoms with E-state index in [2.05, 4.69) is 12.2 Å². The molecule has 2 atom stereocenters. The minimum absolute atomic E-state index is 0.135. The molecule has 1 amide bonds. The molecule has 0 aromatic rings. The van der Waals surface area contributed by atoms with Crippen molar-refractivity contribution in [2.45, 2.75) is 64.0 Å². The molecule has 4 heteroatoms. The van der Waals surface area contributed by atoms with Crippen molar-refractivity contribution in [3.63, 3.8) is 0 Å². The number of alkyl halides is 1. The van der Waals surface area contributed by atoms with E-state index in [1.54, 1.807) is 0 Å². The standard InChI is InChI=1S/C13H24ClNO2/c1-2-11(8-9-14)15-13(16)7-6-12-5-3-4-10-17-12/h11-12H,2-10H2,1H3,(H,15,16). The molecule has 0 radical (unpaired) electrons. The summed E-state index contributed by atoms with van der Waals surface area (Å²) in [5.74, 6) is 0.737. The molecule has 1 rings (SSSR count). The van der Waals surface area contributed by atoms with Crippen LogP contribution in [0.15, 0.2) is 0 Å². The summed E-state index contributed by atoms with van der Waals surface area (Å²) in [6.07, 6.45) is 7.01. The third kappa shape index (κ3) is 6.27. The van der Waals surface area contributed by atoms with E-state index < -0.39 is 0 Å². The molecule has 3 nitrogen and oxygen atoms in total. The average molecular weight is 262 g/mol. The monoisotopic (exact) mass is 261 g/mol. The van der Waals surface area contributed by atoms with Gasteiger partial charge in [0.05, 0.1) is 6.10 Å². The predicted molar refractivity (Wildman–Crippen MR) is 70.4 cm³/mol. The van der Waals surface area contributed by atoms with Gasteiger partial charge in [0.25, 0.3) is 0 Å². The zero-order valence-corrected chi connectivity index (χ0v) is 11.5. The maximum atomic E-state index is 11.7. The summed E-state index contributed by atoms with van der Waals surface area (Å²) in [6.45, 7) is 2.93. The van der Waals surface area contributed by atoms with Crippen LogP contribution in [0.1, 0.15) is 51.9 Å². The zero-order valence-electron chi connectivity index (χ0n) is 10.7. The van der Waals surface area contributed by atoms with Crippen LogP contribution in [0.25, 0.3) is 0 Å². The Morgan fingerprint density at radius 1 is 1.53 bits per heavy atom. The topological polar surface area (TPSA) is 38.3 Å². The van der Waals surface area contributed by atoms with Gasteiger partial charge in [-0.15, -0.1) is 11.6 Å². The Morgan fingerprint density at radius 2 is 2.35 bits per heavy atom. The first-order chi connectivity index (χ1) is 8.26. The van der Waals surface area contributed by atoms with Gasteiger partial charge in [0.1, 0.15) is 0 Å². The molecule has 0 bridgehead atoms. The molecular formula is C13H24ClNO2. The minimum Gasteiger partial charge on any atom is -0.378 e. The number of hydrogen-bond donors (Lipinski definition) is 1. The molecule has 0 saturated carbocycles. The van der Waals surface area contributed by atoms with E-state index >= 15 is 0 Å². The van der Waals surface area contributed by atoms with E-state index in [0.717, 1.165) is 38.7 Å². The molecule has 1 N–H and O–H groups in total. The molecular weight excluding hydrogens is 238 g/mol. The van der Waals surface area contributed by atoms with Crippen LogP contribution in [0.2, 0.25) is 0 Å². The number of nitrogens with one attached hydrogen (secondary N) is 1. The van der Waals surface area contributed by atoms with Crippen LogP contribution >= 0.6 is 11.6 Å². The molecule has 100 valence electrons. The zero-order chi connectivity index (χ0) is 12.5. The molecule has 17 heavy (non-hydrogen) atoms. The van der Waals surface area contributed by atoms with Crippen molar-refractivity contribution in [1.82, 2.24) is 5.32 Å². The van der Waals surface area contributed by atoms with Gasteiger partial charge in [0.15, 0.2) is 0 Å². The maximum absolute atomic E-state index is 11.7. The van der Waals surface area contributed by atoms with Crippen molar-refractivity contribution in [3.05, 3.63) is 0 Å². The third-order valence-electron chi connectivity index (χ3n) is 3.28. The van der Waals surface area contributed by atoms with Crippen LogP contribution in [0.4, 0.5) is 0 Å².